The quantitative estimate of drug-likeness (QED) is 0.0178. The number of phosphoric acid groups is 1. The van der Waals surface area contributed by atoms with Crippen LogP contribution in [-0.2, 0) is 27.9 Å². The molecule has 0 heterocycles. The molecule has 51 heavy (non-hydrogen) atoms. The molecule has 0 aliphatic heterocycles. The predicted octanol–water partition coefficient (Wildman–Crippen LogP) is 6.80. The zero-order valence-electron chi connectivity index (χ0n) is 31.7. The Morgan fingerprint density at radius 2 is 1.04 bits per heavy atom. The molecular formula is C38H73O12P. The third kappa shape index (κ3) is 23.5. The molecule has 0 saturated heterocycles. The van der Waals surface area contributed by atoms with E-state index in [2.05, 4.69) is 26.0 Å². The fourth-order valence-corrected chi connectivity index (χ4v) is 7.09. The lowest BCUT2D eigenvalue weighted by atomic mass is 9.85. The summed E-state index contributed by atoms with van der Waals surface area (Å²) in [7, 11) is -5.00. The van der Waals surface area contributed by atoms with Gasteiger partial charge in [-0.3, -0.25) is 13.8 Å². The lowest BCUT2D eigenvalue weighted by Crippen LogP contribution is -2.64. The Labute approximate surface area is 307 Å². The van der Waals surface area contributed by atoms with E-state index < -0.39 is 63.1 Å². The number of aliphatic hydroxyl groups is 5. The number of unbranched alkanes of at least 4 members (excludes halogenated alkanes) is 19. The number of hydrogen-bond donors (Lipinski definition) is 6. The summed E-state index contributed by atoms with van der Waals surface area (Å²) >= 11 is 0. The molecule has 0 aromatic carbocycles. The molecule has 6 atom stereocenters. The standard InChI is InChI=1S/C38H73O12P/c1-3-5-7-9-11-13-15-16-17-18-19-21-23-25-27-32(39)49-31(29-47-28-26-24-22-20-14-12-10-8-6-4-2)30-48-51(45,46)50-38-36(43)34(41)33(40)35(42)37(38)44/h15-16,31,33-38,40-44H,3-14,17-30H2,1-2H3,(H,45,46)/b16-15-. The van der Waals surface area contributed by atoms with E-state index in [0.717, 1.165) is 57.8 Å². The molecule has 0 amide bonds. The summed E-state index contributed by atoms with van der Waals surface area (Å²) in [5.74, 6) is -0.486. The van der Waals surface area contributed by atoms with Crippen molar-refractivity contribution in [3.8, 4) is 0 Å². The number of hydrogen-bond acceptors (Lipinski definition) is 11. The lowest BCUT2D eigenvalue weighted by Gasteiger charge is -2.41. The van der Waals surface area contributed by atoms with Gasteiger partial charge < -0.3 is 39.9 Å². The van der Waals surface area contributed by atoms with Crippen molar-refractivity contribution < 1.29 is 58.3 Å². The summed E-state index contributed by atoms with van der Waals surface area (Å²) in [4.78, 5) is 23.0. The highest BCUT2D eigenvalue weighted by Crippen LogP contribution is 2.47. The van der Waals surface area contributed by atoms with E-state index in [1.165, 1.54) is 77.0 Å². The monoisotopic (exact) mass is 752 g/mol. The zero-order chi connectivity index (χ0) is 37.7. The molecule has 1 saturated carbocycles. The maximum atomic E-state index is 12.7. The summed E-state index contributed by atoms with van der Waals surface area (Å²) in [6.45, 7) is 4.21. The Balaban J connectivity index is 2.46. The second kappa shape index (κ2) is 30.4. The van der Waals surface area contributed by atoms with Crippen LogP contribution in [-0.4, -0.2) is 98.9 Å². The van der Waals surface area contributed by atoms with Gasteiger partial charge in [0.25, 0.3) is 0 Å². The number of aliphatic hydroxyl groups excluding tert-OH is 5. The van der Waals surface area contributed by atoms with Crippen LogP contribution >= 0.6 is 7.82 Å². The Morgan fingerprint density at radius 3 is 1.55 bits per heavy atom. The van der Waals surface area contributed by atoms with Crippen LogP contribution in [0.2, 0.25) is 0 Å². The highest BCUT2D eigenvalue weighted by atomic mass is 31.2. The maximum absolute atomic E-state index is 12.7. The van der Waals surface area contributed by atoms with E-state index in [1.54, 1.807) is 0 Å². The minimum atomic E-state index is -5.00. The number of allylic oxidation sites excluding steroid dienone is 2. The van der Waals surface area contributed by atoms with Crippen molar-refractivity contribution in [1.29, 1.82) is 0 Å². The normalized spacial score (nSPS) is 24.2. The molecule has 0 aromatic rings. The Hall–Kier alpha value is -0.920. The number of esters is 1. The zero-order valence-corrected chi connectivity index (χ0v) is 32.6. The summed E-state index contributed by atoms with van der Waals surface area (Å²) in [5, 5.41) is 49.9. The van der Waals surface area contributed by atoms with E-state index in [-0.39, 0.29) is 13.0 Å². The molecule has 0 radical (unpaired) electrons. The van der Waals surface area contributed by atoms with E-state index in [9.17, 15) is 39.8 Å². The van der Waals surface area contributed by atoms with Gasteiger partial charge in [-0.2, -0.15) is 0 Å². The van der Waals surface area contributed by atoms with Crippen molar-refractivity contribution in [3.05, 3.63) is 12.2 Å². The third-order valence-corrected chi connectivity index (χ3v) is 10.4. The summed E-state index contributed by atoms with van der Waals surface area (Å²) < 4.78 is 34.0. The van der Waals surface area contributed by atoms with Gasteiger partial charge in [0, 0.05) is 13.0 Å². The molecule has 6 N–H and O–H groups in total. The van der Waals surface area contributed by atoms with Gasteiger partial charge in [0.2, 0.25) is 0 Å². The smallest absolute Gasteiger partial charge is 0.457 e. The van der Waals surface area contributed by atoms with Crippen molar-refractivity contribution in [2.45, 2.75) is 204 Å². The molecule has 302 valence electrons. The third-order valence-electron chi connectivity index (χ3n) is 9.39. The first-order valence-corrected chi connectivity index (χ1v) is 21.5. The minimum Gasteiger partial charge on any atom is -0.457 e. The van der Waals surface area contributed by atoms with Crippen LogP contribution in [0.1, 0.15) is 162 Å². The molecule has 0 aromatic heterocycles. The first-order valence-electron chi connectivity index (χ1n) is 20.0. The van der Waals surface area contributed by atoms with Gasteiger partial charge in [-0.1, -0.05) is 129 Å². The van der Waals surface area contributed by atoms with Crippen molar-refractivity contribution in [3.63, 3.8) is 0 Å². The summed E-state index contributed by atoms with van der Waals surface area (Å²) in [5.41, 5.74) is 0. The van der Waals surface area contributed by atoms with Gasteiger partial charge in [0.05, 0.1) is 13.2 Å². The topological polar surface area (TPSA) is 192 Å². The van der Waals surface area contributed by atoms with E-state index >= 15 is 0 Å². The first-order chi connectivity index (χ1) is 24.5. The molecule has 1 rings (SSSR count). The Morgan fingerprint density at radius 1 is 0.608 bits per heavy atom. The number of phosphoric ester groups is 1. The first kappa shape index (κ1) is 48.1. The predicted molar refractivity (Wildman–Crippen MR) is 198 cm³/mol. The number of carbonyl (C=O) groups excluding carboxylic acids is 1. The summed E-state index contributed by atoms with van der Waals surface area (Å²) in [6.07, 6.45) is 17.2. The van der Waals surface area contributed by atoms with Gasteiger partial charge in [-0.05, 0) is 38.5 Å². The molecule has 1 aliphatic carbocycles. The van der Waals surface area contributed by atoms with E-state index in [4.69, 9.17) is 18.5 Å². The lowest BCUT2D eigenvalue weighted by molar-refractivity contribution is -0.220. The van der Waals surface area contributed by atoms with Crippen LogP contribution in [0, 0.1) is 0 Å². The van der Waals surface area contributed by atoms with Gasteiger partial charge in [0.15, 0.2) is 0 Å². The van der Waals surface area contributed by atoms with Gasteiger partial charge in [0.1, 0.15) is 42.7 Å². The van der Waals surface area contributed by atoms with Crippen LogP contribution in [0.15, 0.2) is 12.2 Å². The van der Waals surface area contributed by atoms with Crippen molar-refractivity contribution >= 4 is 13.8 Å². The van der Waals surface area contributed by atoms with Gasteiger partial charge >= 0.3 is 13.8 Å². The SMILES string of the molecule is CCCCCCC/C=C\CCCCCCCC(=O)OC(COCCCCCCCCCCCC)COP(=O)(O)OC1C(O)C(O)C(O)C(O)C1O. The van der Waals surface area contributed by atoms with Crippen LogP contribution in [0.4, 0.5) is 0 Å². The largest absolute Gasteiger partial charge is 0.472 e. The molecule has 1 aliphatic rings. The van der Waals surface area contributed by atoms with Gasteiger partial charge in [-0.25, -0.2) is 4.57 Å². The van der Waals surface area contributed by atoms with Crippen LogP contribution in [0.3, 0.4) is 0 Å². The van der Waals surface area contributed by atoms with Crippen molar-refractivity contribution in [2.75, 3.05) is 19.8 Å². The van der Waals surface area contributed by atoms with E-state index in [0.29, 0.717) is 13.0 Å². The van der Waals surface area contributed by atoms with Crippen LogP contribution < -0.4 is 0 Å². The van der Waals surface area contributed by atoms with Gasteiger partial charge in [-0.15, -0.1) is 0 Å². The van der Waals surface area contributed by atoms with E-state index in [1.807, 2.05) is 0 Å². The highest BCUT2D eigenvalue weighted by Gasteiger charge is 2.51. The summed E-state index contributed by atoms with van der Waals surface area (Å²) in [6, 6.07) is 0. The second-order valence-electron chi connectivity index (χ2n) is 14.1. The molecule has 12 nitrogen and oxygen atoms in total. The number of ether oxygens (including phenoxy) is 2. The highest BCUT2D eigenvalue weighted by molar-refractivity contribution is 7.47. The van der Waals surface area contributed by atoms with Crippen molar-refractivity contribution in [1.82, 2.24) is 0 Å². The average Bonchev–Trinajstić information content (AvgIpc) is 3.11. The fourth-order valence-electron chi connectivity index (χ4n) is 6.11. The maximum Gasteiger partial charge on any atom is 0.472 e. The molecule has 1 fully saturated rings. The molecule has 0 bridgehead atoms. The van der Waals surface area contributed by atoms with Crippen molar-refractivity contribution in [2.24, 2.45) is 0 Å². The molecule has 13 heteroatoms. The second-order valence-corrected chi connectivity index (χ2v) is 15.5. The number of rotatable bonds is 33. The molecule has 0 spiro atoms. The average molecular weight is 753 g/mol. The number of carbonyl (C=O) groups is 1. The molecular weight excluding hydrogens is 679 g/mol. The van der Waals surface area contributed by atoms with Crippen LogP contribution in [0.5, 0.6) is 0 Å². The fraction of sp³-hybridized carbons (Fsp3) is 0.921. The minimum absolute atomic E-state index is 0.0757. The molecule has 6 unspecified atom stereocenters. The Kier molecular flexibility index (Phi) is 28.7. The Bertz CT molecular complexity index is 905. The van der Waals surface area contributed by atoms with Crippen LogP contribution in [0.25, 0.3) is 0 Å².